The van der Waals surface area contributed by atoms with Gasteiger partial charge in [-0.1, -0.05) is 18.5 Å². The quantitative estimate of drug-likeness (QED) is 0.708. The van der Waals surface area contributed by atoms with E-state index in [4.69, 9.17) is 17.3 Å². The molecule has 0 aromatic carbocycles. The molecule has 1 heterocycles. The highest BCUT2D eigenvalue weighted by atomic mass is 35.5. The van der Waals surface area contributed by atoms with Crippen LogP contribution in [0.4, 0.5) is 5.69 Å². The van der Waals surface area contributed by atoms with Crippen molar-refractivity contribution in [1.82, 2.24) is 10.3 Å². The Morgan fingerprint density at radius 2 is 2.35 bits per heavy atom. The Kier molecular flexibility index (Phi) is 4.31. The fraction of sp³-hybridized carbons (Fsp3) is 0.455. The summed E-state index contributed by atoms with van der Waals surface area (Å²) in [7, 11) is 0. The molecule has 0 bridgehead atoms. The molecule has 0 radical (unpaired) electrons. The number of anilines is 1. The zero-order valence-corrected chi connectivity index (χ0v) is 10.6. The molecule has 0 saturated carbocycles. The van der Waals surface area contributed by atoms with Gasteiger partial charge in [0, 0.05) is 0 Å². The van der Waals surface area contributed by atoms with Crippen LogP contribution in [0.25, 0.3) is 0 Å². The monoisotopic (exact) mass is 257 g/mol. The third-order valence-corrected chi connectivity index (χ3v) is 2.90. The molecule has 5 nitrogen and oxygen atoms in total. The summed E-state index contributed by atoms with van der Waals surface area (Å²) in [5, 5.41) is 12.1. The summed E-state index contributed by atoms with van der Waals surface area (Å²) >= 11 is 5.70. The molecule has 0 spiro atoms. The first-order chi connectivity index (χ1) is 7.91. The van der Waals surface area contributed by atoms with E-state index in [0.29, 0.717) is 6.42 Å². The summed E-state index contributed by atoms with van der Waals surface area (Å²) in [5.41, 5.74) is 5.50. The van der Waals surface area contributed by atoms with Gasteiger partial charge >= 0.3 is 0 Å². The molecule has 1 unspecified atom stereocenters. The number of nitrogen functional groups attached to an aromatic ring is 1. The maximum atomic E-state index is 12.0. The minimum Gasteiger partial charge on any atom is -0.397 e. The summed E-state index contributed by atoms with van der Waals surface area (Å²) in [6.45, 7) is 3.48. The van der Waals surface area contributed by atoms with Gasteiger partial charge in [0.05, 0.1) is 29.6 Å². The number of hydrogen-bond donors (Lipinski definition) is 3. The second kappa shape index (κ2) is 5.33. The molecule has 1 aromatic rings. The summed E-state index contributed by atoms with van der Waals surface area (Å²) in [4.78, 5) is 15.7. The fourth-order valence-corrected chi connectivity index (χ4v) is 1.38. The number of aliphatic hydroxyl groups excluding tert-OH is 1. The van der Waals surface area contributed by atoms with E-state index in [1.807, 2.05) is 6.92 Å². The molecule has 0 aliphatic rings. The first-order valence-corrected chi connectivity index (χ1v) is 5.64. The minimum atomic E-state index is -0.667. The van der Waals surface area contributed by atoms with Gasteiger partial charge in [0.2, 0.25) is 0 Å². The third-order valence-electron chi connectivity index (χ3n) is 2.69. The second-order valence-electron chi connectivity index (χ2n) is 4.12. The van der Waals surface area contributed by atoms with Crippen molar-refractivity contribution in [2.75, 3.05) is 12.3 Å². The van der Waals surface area contributed by atoms with E-state index in [2.05, 4.69) is 10.3 Å². The molecule has 1 atom stereocenters. The molecule has 17 heavy (non-hydrogen) atoms. The molecule has 4 N–H and O–H groups in total. The Labute approximate surface area is 105 Å². The standard InChI is InChI=1S/C11H16ClN3O2/c1-3-11(2,6-16)15-10(17)7-4-9(12)14-5-8(7)13/h4-5,16H,3,6,13H2,1-2H3,(H,15,17). The Hall–Kier alpha value is -1.33. The van der Waals surface area contributed by atoms with Crippen LogP contribution in [0.2, 0.25) is 5.15 Å². The van der Waals surface area contributed by atoms with Gasteiger partial charge in [-0.05, 0) is 19.4 Å². The number of nitrogens with two attached hydrogens (primary N) is 1. The fourth-order valence-electron chi connectivity index (χ4n) is 1.22. The Bertz CT molecular complexity index is 419. The lowest BCUT2D eigenvalue weighted by Crippen LogP contribution is -2.48. The molecule has 0 saturated heterocycles. The third kappa shape index (κ3) is 3.31. The number of hydrogen-bond acceptors (Lipinski definition) is 4. The number of nitrogens with zero attached hydrogens (tertiary/aromatic N) is 1. The largest absolute Gasteiger partial charge is 0.397 e. The summed E-state index contributed by atoms with van der Waals surface area (Å²) < 4.78 is 0. The van der Waals surface area contributed by atoms with Gasteiger partial charge in [-0.2, -0.15) is 0 Å². The lowest BCUT2D eigenvalue weighted by Gasteiger charge is -2.27. The summed E-state index contributed by atoms with van der Waals surface area (Å²) in [6.07, 6.45) is 1.94. The average Bonchev–Trinajstić information content (AvgIpc) is 2.32. The Balaban J connectivity index is 2.94. The summed E-state index contributed by atoms with van der Waals surface area (Å²) in [5.74, 6) is -0.370. The van der Waals surface area contributed by atoms with Crippen LogP contribution >= 0.6 is 11.6 Å². The molecular weight excluding hydrogens is 242 g/mol. The Morgan fingerprint density at radius 3 is 2.88 bits per heavy atom. The van der Waals surface area contributed by atoms with E-state index >= 15 is 0 Å². The highest BCUT2D eigenvalue weighted by Crippen LogP contribution is 2.17. The number of aromatic nitrogens is 1. The molecule has 0 aliphatic carbocycles. The number of aliphatic hydroxyl groups is 1. The molecule has 94 valence electrons. The molecular formula is C11H16ClN3O2. The topological polar surface area (TPSA) is 88.2 Å². The van der Waals surface area contributed by atoms with Crippen LogP contribution in [0, 0.1) is 0 Å². The van der Waals surface area contributed by atoms with E-state index in [9.17, 15) is 9.90 Å². The van der Waals surface area contributed by atoms with Gasteiger partial charge in [0.1, 0.15) is 5.15 Å². The molecule has 1 amide bonds. The van der Waals surface area contributed by atoms with Gasteiger partial charge < -0.3 is 16.2 Å². The van der Waals surface area contributed by atoms with Gasteiger partial charge in [0.25, 0.3) is 5.91 Å². The van der Waals surface area contributed by atoms with Crippen LogP contribution in [-0.2, 0) is 0 Å². The first kappa shape index (κ1) is 13.7. The number of nitrogens with one attached hydrogen (secondary N) is 1. The number of rotatable bonds is 4. The van der Waals surface area contributed by atoms with Crippen molar-refractivity contribution < 1.29 is 9.90 Å². The Morgan fingerprint density at radius 1 is 1.71 bits per heavy atom. The number of pyridine rings is 1. The van der Waals surface area contributed by atoms with E-state index < -0.39 is 5.54 Å². The van der Waals surface area contributed by atoms with Crippen LogP contribution < -0.4 is 11.1 Å². The molecule has 0 fully saturated rings. The normalized spacial score (nSPS) is 14.1. The van der Waals surface area contributed by atoms with E-state index in [1.165, 1.54) is 12.3 Å². The average molecular weight is 258 g/mol. The molecule has 1 rings (SSSR count). The number of carbonyl (C=O) groups is 1. The number of amides is 1. The van der Waals surface area contributed by atoms with Crippen molar-refractivity contribution in [3.8, 4) is 0 Å². The number of halogens is 1. The SMILES string of the molecule is CCC(C)(CO)NC(=O)c1cc(Cl)ncc1N. The maximum Gasteiger partial charge on any atom is 0.254 e. The van der Waals surface area contributed by atoms with Crippen LogP contribution in [0.1, 0.15) is 30.6 Å². The first-order valence-electron chi connectivity index (χ1n) is 5.26. The highest BCUT2D eigenvalue weighted by Gasteiger charge is 2.24. The van der Waals surface area contributed by atoms with Crippen molar-refractivity contribution in [3.63, 3.8) is 0 Å². The molecule has 0 aliphatic heterocycles. The van der Waals surface area contributed by atoms with Gasteiger partial charge in [0.15, 0.2) is 0 Å². The zero-order chi connectivity index (χ0) is 13.1. The van der Waals surface area contributed by atoms with Crippen LogP contribution in [0.3, 0.4) is 0 Å². The van der Waals surface area contributed by atoms with Gasteiger partial charge in [-0.25, -0.2) is 4.98 Å². The van der Waals surface area contributed by atoms with Crippen LogP contribution in [-0.4, -0.2) is 28.1 Å². The molecule has 6 heteroatoms. The molecule has 1 aromatic heterocycles. The predicted molar refractivity (Wildman–Crippen MR) is 66.9 cm³/mol. The van der Waals surface area contributed by atoms with E-state index in [-0.39, 0.29) is 28.9 Å². The van der Waals surface area contributed by atoms with Gasteiger partial charge in [-0.3, -0.25) is 4.79 Å². The highest BCUT2D eigenvalue weighted by molar-refractivity contribution is 6.29. The zero-order valence-electron chi connectivity index (χ0n) is 9.83. The second-order valence-corrected chi connectivity index (χ2v) is 4.51. The maximum absolute atomic E-state index is 12.0. The van der Waals surface area contributed by atoms with Crippen molar-refractivity contribution in [2.24, 2.45) is 0 Å². The lowest BCUT2D eigenvalue weighted by molar-refractivity contribution is 0.0848. The van der Waals surface area contributed by atoms with Crippen molar-refractivity contribution >= 4 is 23.2 Å². The van der Waals surface area contributed by atoms with Crippen molar-refractivity contribution in [3.05, 3.63) is 23.0 Å². The predicted octanol–water partition coefficient (Wildman–Crippen LogP) is 1.21. The van der Waals surface area contributed by atoms with E-state index in [1.54, 1.807) is 6.92 Å². The van der Waals surface area contributed by atoms with Crippen molar-refractivity contribution in [2.45, 2.75) is 25.8 Å². The van der Waals surface area contributed by atoms with Crippen molar-refractivity contribution in [1.29, 1.82) is 0 Å². The lowest BCUT2D eigenvalue weighted by atomic mass is 9.99. The van der Waals surface area contributed by atoms with Gasteiger partial charge in [-0.15, -0.1) is 0 Å². The van der Waals surface area contributed by atoms with Crippen LogP contribution in [0.15, 0.2) is 12.3 Å². The number of carbonyl (C=O) groups excluding carboxylic acids is 1. The minimum absolute atomic E-state index is 0.145. The smallest absolute Gasteiger partial charge is 0.254 e. The van der Waals surface area contributed by atoms with Crippen LogP contribution in [0.5, 0.6) is 0 Å². The van der Waals surface area contributed by atoms with E-state index in [0.717, 1.165) is 0 Å². The summed E-state index contributed by atoms with van der Waals surface area (Å²) in [6, 6.07) is 1.40.